The third-order valence-electron chi connectivity index (χ3n) is 6.89. The third kappa shape index (κ3) is 5.49. The SMILES string of the molecule is CN1CCN2CN(CC1)n1cc(C(O)NCc3c(F)cc(F)cc3F)c(=O)c(OCc3ccccc3)c1C2=O. The Morgan fingerprint density at radius 1 is 1.03 bits per heavy atom. The molecule has 0 saturated carbocycles. The fourth-order valence-corrected chi connectivity index (χ4v) is 4.64. The first kappa shape index (κ1) is 26.7. The molecule has 1 atom stereocenters. The van der Waals surface area contributed by atoms with E-state index in [1.807, 2.05) is 42.4 Å². The number of nitrogens with zero attached hydrogens (tertiary/aromatic N) is 4. The Bertz CT molecular complexity index is 1410. The number of carbonyl (C=O) groups is 1. The molecule has 1 unspecified atom stereocenters. The summed E-state index contributed by atoms with van der Waals surface area (Å²) in [6.45, 7) is 2.08. The van der Waals surface area contributed by atoms with Crippen LogP contribution in [-0.4, -0.2) is 65.4 Å². The number of fused-ring (bicyclic) bond motifs is 4. The average Bonchev–Trinajstić information content (AvgIpc) is 2.90. The summed E-state index contributed by atoms with van der Waals surface area (Å²) in [5.74, 6) is -3.94. The van der Waals surface area contributed by atoms with E-state index in [0.29, 0.717) is 38.3 Å². The number of halogens is 3. The molecule has 9 nitrogen and oxygen atoms in total. The van der Waals surface area contributed by atoms with Crippen LogP contribution in [0.2, 0.25) is 0 Å². The van der Waals surface area contributed by atoms with E-state index in [1.54, 1.807) is 4.90 Å². The second kappa shape index (κ2) is 11.1. The fraction of sp³-hybridized carbons (Fsp3) is 0.333. The monoisotopic (exact) mass is 543 g/mol. The number of benzene rings is 2. The lowest BCUT2D eigenvalue weighted by atomic mass is 10.1. The normalized spacial score (nSPS) is 16.5. The number of pyridine rings is 1. The lowest BCUT2D eigenvalue weighted by Gasteiger charge is -2.43. The van der Waals surface area contributed by atoms with Crippen LogP contribution in [0.1, 0.15) is 33.4 Å². The van der Waals surface area contributed by atoms with Crippen molar-refractivity contribution >= 4 is 5.91 Å². The van der Waals surface area contributed by atoms with Crippen molar-refractivity contribution in [2.24, 2.45) is 0 Å². The van der Waals surface area contributed by atoms with Gasteiger partial charge in [-0.05, 0) is 12.6 Å². The van der Waals surface area contributed by atoms with Gasteiger partial charge in [-0.2, -0.15) is 0 Å². The van der Waals surface area contributed by atoms with Crippen LogP contribution in [0, 0.1) is 17.5 Å². The van der Waals surface area contributed by atoms with Crippen LogP contribution in [0.25, 0.3) is 0 Å². The first-order valence-corrected chi connectivity index (χ1v) is 12.5. The average molecular weight is 544 g/mol. The summed E-state index contributed by atoms with van der Waals surface area (Å²) >= 11 is 0. The van der Waals surface area contributed by atoms with E-state index in [1.165, 1.54) is 10.9 Å². The maximum Gasteiger partial charge on any atom is 0.277 e. The number of amides is 1. The van der Waals surface area contributed by atoms with E-state index >= 15 is 0 Å². The van der Waals surface area contributed by atoms with Crippen molar-refractivity contribution in [3.8, 4) is 5.75 Å². The molecular weight excluding hydrogens is 515 g/mol. The predicted octanol–water partition coefficient (Wildman–Crippen LogP) is 1.92. The number of ether oxygens (including phenoxy) is 1. The summed E-state index contributed by atoms with van der Waals surface area (Å²) in [6, 6.07) is 10.2. The molecule has 0 aliphatic carbocycles. The second-order valence-electron chi connectivity index (χ2n) is 9.58. The molecule has 0 radical (unpaired) electrons. The molecule has 12 heteroatoms. The number of likely N-dealkylation sites (N-methyl/N-ethyl adjacent to an activating group) is 1. The van der Waals surface area contributed by atoms with Crippen LogP contribution in [-0.2, 0) is 13.2 Å². The molecule has 1 amide bonds. The van der Waals surface area contributed by atoms with Gasteiger partial charge < -0.3 is 19.6 Å². The zero-order valence-electron chi connectivity index (χ0n) is 21.2. The van der Waals surface area contributed by atoms with Gasteiger partial charge in [-0.3, -0.25) is 24.6 Å². The van der Waals surface area contributed by atoms with Gasteiger partial charge in [0.1, 0.15) is 37.0 Å². The Labute approximate surface area is 222 Å². The van der Waals surface area contributed by atoms with Gasteiger partial charge in [-0.1, -0.05) is 30.3 Å². The van der Waals surface area contributed by atoms with Crippen LogP contribution < -0.4 is 20.5 Å². The van der Waals surface area contributed by atoms with Gasteiger partial charge in [0.05, 0.1) is 5.56 Å². The molecule has 3 aromatic rings. The largest absolute Gasteiger partial charge is 0.482 e. The standard InChI is InChI=1S/C27H28F3N5O4/c1-32-7-9-33-16-34(10-8-32)35-14-20(26(37)31-13-19-21(29)11-18(28)12-22(19)30)24(36)25(23(35)27(33)38)39-15-17-5-3-2-4-6-17/h2-6,11-12,14,26,31,37H,7-10,13,15-16H2,1H3. The maximum absolute atomic E-state index is 14.1. The molecule has 206 valence electrons. The third-order valence-corrected chi connectivity index (χ3v) is 6.89. The smallest absolute Gasteiger partial charge is 0.277 e. The molecule has 5 rings (SSSR count). The summed E-state index contributed by atoms with van der Waals surface area (Å²) in [7, 11) is 1.95. The summed E-state index contributed by atoms with van der Waals surface area (Å²) in [4.78, 5) is 30.9. The zero-order valence-corrected chi connectivity index (χ0v) is 21.2. The quantitative estimate of drug-likeness (QED) is 0.440. The molecule has 1 saturated heterocycles. The van der Waals surface area contributed by atoms with Crippen molar-refractivity contribution < 1.29 is 27.8 Å². The molecule has 1 aromatic heterocycles. The van der Waals surface area contributed by atoms with Crippen molar-refractivity contribution in [2.45, 2.75) is 19.4 Å². The molecule has 39 heavy (non-hydrogen) atoms. The predicted molar refractivity (Wildman–Crippen MR) is 136 cm³/mol. The minimum atomic E-state index is -1.68. The van der Waals surface area contributed by atoms with Gasteiger partial charge in [-0.25, -0.2) is 13.2 Å². The summed E-state index contributed by atoms with van der Waals surface area (Å²) < 4.78 is 49.0. The van der Waals surface area contributed by atoms with Gasteiger partial charge in [0.15, 0.2) is 11.4 Å². The number of rotatable bonds is 7. The van der Waals surface area contributed by atoms with Crippen molar-refractivity contribution in [1.29, 1.82) is 0 Å². The molecule has 2 aliphatic rings. The highest BCUT2D eigenvalue weighted by molar-refractivity contribution is 5.96. The molecule has 0 spiro atoms. The number of aromatic nitrogens is 1. The number of carbonyl (C=O) groups excluding carboxylic acids is 1. The first-order valence-electron chi connectivity index (χ1n) is 12.5. The molecule has 2 aliphatic heterocycles. The minimum Gasteiger partial charge on any atom is -0.482 e. The van der Waals surface area contributed by atoms with E-state index in [0.717, 1.165) is 5.56 Å². The van der Waals surface area contributed by atoms with Crippen LogP contribution in [0.15, 0.2) is 53.5 Å². The van der Waals surface area contributed by atoms with E-state index in [4.69, 9.17) is 4.74 Å². The summed E-state index contributed by atoms with van der Waals surface area (Å²) in [6.07, 6.45) is -0.331. The van der Waals surface area contributed by atoms with Crippen molar-refractivity contribution in [3.05, 3.63) is 98.7 Å². The van der Waals surface area contributed by atoms with E-state index in [2.05, 4.69) is 10.2 Å². The molecule has 1 fully saturated rings. The Morgan fingerprint density at radius 3 is 2.44 bits per heavy atom. The maximum atomic E-state index is 14.1. The lowest BCUT2D eigenvalue weighted by Crippen LogP contribution is -2.59. The lowest BCUT2D eigenvalue weighted by molar-refractivity contribution is 0.0638. The summed E-state index contributed by atoms with van der Waals surface area (Å²) in [5.41, 5.74) is -0.602. The van der Waals surface area contributed by atoms with Gasteiger partial charge >= 0.3 is 0 Å². The second-order valence-corrected chi connectivity index (χ2v) is 9.58. The molecule has 3 heterocycles. The highest BCUT2D eigenvalue weighted by atomic mass is 19.1. The van der Waals surface area contributed by atoms with Gasteiger partial charge in [-0.15, -0.1) is 0 Å². The van der Waals surface area contributed by atoms with E-state index in [9.17, 15) is 27.9 Å². The number of aliphatic hydroxyl groups is 1. The molecular formula is C27H28F3N5O4. The Hall–Kier alpha value is -3.87. The van der Waals surface area contributed by atoms with Crippen molar-refractivity contribution in [3.63, 3.8) is 0 Å². The Kier molecular flexibility index (Phi) is 7.60. The van der Waals surface area contributed by atoms with E-state index in [-0.39, 0.29) is 36.2 Å². The number of hydrogen-bond donors (Lipinski definition) is 2. The fourth-order valence-electron chi connectivity index (χ4n) is 4.64. The Balaban J connectivity index is 1.53. The van der Waals surface area contributed by atoms with Crippen molar-refractivity contribution in [1.82, 2.24) is 19.8 Å². The highest BCUT2D eigenvalue weighted by Crippen LogP contribution is 2.26. The van der Waals surface area contributed by atoms with Crippen LogP contribution in [0.3, 0.4) is 0 Å². The Morgan fingerprint density at radius 2 is 1.72 bits per heavy atom. The minimum absolute atomic E-state index is 0.00191. The molecule has 2 bridgehead atoms. The summed E-state index contributed by atoms with van der Waals surface area (Å²) in [5, 5.41) is 15.3. The van der Waals surface area contributed by atoms with Crippen LogP contribution in [0.5, 0.6) is 5.75 Å². The first-order chi connectivity index (χ1) is 18.7. The molecule has 2 aromatic carbocycles. The van der Waals surface area contributed by atoms with Crippen LogP contribution in [0.4, 0.5) is 13.2 Å². The van der Waals surface area contributed by atoms with Gasteiger partial charge in [0.25, 0.3) is 5.91 Å². The molecule has 2 N–H and O–H groups in total. The zero-order chi connectivity index (χ0) is 27.7. The van der Waals surface area contributed by atoms with Crippen LogP contribution >= 0.6 is 0 Å². The number of nitrogens with one attached hydrogen (secondary N) is 1. The van der Waals surface area contributed by atoms with E-state index < -0.39 is 41.2 Å². The van der Waals surface area contributed by atoms with Gasteiger partial charge in [0.2, 0.25) is 5.43 Å². The number of hydrogen-bond acceptors (Lipinski definition) is 7. The van der Waals surface area contributed by atoms with Crippen molar-refractivity contribution in [2.75, 3.05) is 44.9 Å². The number of aliphatic hydroxyl groups excluding tert-OH is 1. The van der Waals surface area contributed by atoms with Gasteiger partial charge in [0, 0.05) is 56.6 Å². The topological polar surface area (TPSA) is 90.3 Å². The highest BCUT2D eigenvalue weighted by Gasteiger charge is 2.36.